The molecule has 3 aromatic rings. The van der Waals surface area contributed by atoms with E-state index in [-0.39, 0.29) is 0 Å². The summed E-state index contributed by atoms with van der Waals surface area (Å²) in [5.74, 6) is 0.595. The van der Waals surface area contributed by atoms with Crippen LogP contribution in [0, 0.1) is 27.7 Å². The monoisotopic (exact) mass is 365 g/mol. The van der Waals surface area contributed by atoms with Gasteiger partial charge in [0.1, 0.15) is 6.33 Å². The van der Waals surface area contributed by atoms with Crippen molar-refractivity contribution in [3.8, 4) is 5.95 Å². The molecule has 0 spiro atoms. The molecule has 1 saturated carbocycles. The van der Waals surface area contributed by atoms with Gasteiger partial charge in [-0.1, -0.05) is 19.3 Å². The molecule has 7 nitrogen and oxygen atoms in total. The molecule has 3 aromatic heterocycles. The summed E-state index contributed by atoms with van der Waals surface area (Å²) >= 11 is 0. The minimum atomic E-state index is 0.595. The van der Waals surface area contributed by atoms with Gasteiger partial charge < -0.3 is 4.57 Å². The third kappa shape index (κ3) is 3.34. The highest BCUT2D eigenvalue weighted by atomic mass is 15.5. The molecule has 27 heavy (non-hydrogen) atoms. The summed E-state index contributed by atoms with van der Waals surface area (Å²) in [6.07, 6.45) is 10.1. The maximum Gasteiger partial charge on any atom is 0.273 e. The van der Waals surface area contributed by atoms with E-state index in [0.717, 1.165) is 17.0 Å². The molecule has 0 amide bonds. The second kappa shape index (κ2) is 7.13. The normalized spacial score (nSPS) is 15.9. The van der Waals surface area contributed by atoms with Crippen LogP contribution >= 0.6 is 0 Å². The standard InChI is InChI=1S/C20H27N7/c1-14-10-16(3)27(24-14)20-23-21-13-25(20)22-12-18-11-15(2)26(17(18)4)19-8-6-5-7-9-19/h10-13,19H,5-9H2,1-4H3/b22-12-. The fraction of sp³-hybridized carbons (Fsp3) is 0.500. The largest absolute Gasteiger partial charge is 0.345 e. The maximum absolute atomic E-state index is 4.62. The van der Waals surface area contributed by atoms with Crippen molar-refractivity contribution in [2.24, 2.45) is 5.10 Å². The van der Waals surface area contributed by atoms with E-state index in [9.17, 15) is 0 Å². The van der Waals surface area contributed by atoms with E-state index >= 15 is 0 Å². The van der Waals surface area contributed by atoms with Crippen molar-refractivity contribution >= 4 is 6.21 Å². The van der Waals surface area contributed by atoms with E-state index < -0.39 is 0 Å². The van der Waals surface area contributed by atoms with Crippen molar-refractivity contribution in [1.82, 2.24) is 29.2 Å². The topological polar surface area (TPSA) is 65.8 Å². The predicted molar refractivity (Wildman–Crippen MR) is 106 cm³/mol. The number of nitrogens with zero attached hydrogens (tertiary/aromatic N) is 7. The molecule has 0 radical (unpaired) electrons. The van der Waals surface area contributed by atoms with Crippen LogP contribution in [-0.4, -0.2) is 35.4 Å². The first-order valence-corrected chi connectivity index (χ1v) is 9.71. The third-order valence-electron chi connectivity index (χ3n) is 5.50. The summed E-state index contributed by atoms with van der Waals surface area (Å²) in [7, 11) is 0. The summed E-state index contributed by atoms with van der Waals surface area (Å²) in [6, 6.07) is 4.86. The summed E-state index contributed by atoms with van der Waals surface area (Å²) in [6.45, 7) is 8.35. The zero-order valence-electron chi connectivity index (χ0n) is 16.6. The molecule has 1 aliphatic carbocycles. The molecule has 0 atom stereocenters. The van der Waals surface area contributed by atoms with Crippen LogP contribution in [0.15, 0.2) is 23.6 Å². The Labute approximate surface area is 159 Å². The van der Waals surface area contributed by atoms with Gasteiger partial charge in [0.05, 0.1) is 11.9 Å². The SMILES string of the molecule is Cc1cc(C)n(-c2nncn2/N=C\c2cc(C)n(C3CCCCC3)c2C)n1. The molecular formula is C20H27N7. The minimum Gasteiger partial charge on any atom is -0.345 e. The number of rotatable bonds is 4. The quantitative estimate of drug-likeness (QED) is 0.659. The van der Waals surface area contributed by atoms with Crippen LogP contribution in [0.4, 0.5) is 0 Å². The van der Waals surface area contributed by atoms with Crippen LogP contribution in [0.2, 0.25) is 0 Å². The van der Waals surface area contributed by atoms with Gasteiger partial charge in [-0.25, -0.2) is 4.68 Å². The van der Waals surface area contributed by atoms with Crippen LogP contribution in [0.3, 0.4) is 0 Å². The molecule has 4 rings (SSSR count). The summed E-state index contributed by atoms with van der Waals surface area (Å²) in [4.78, 5) is 0. The lowest BCUT2D eigenvalue weighted by Crippen LogP contribution is -2.15. The van der Waals surface area contributed by atoms with Gasteiger partial charge in [-0.2, -0.15) is 14.9 Å². The van der Waals surface area contributed by atoms with Crippen molar-refractivity contribution in [1.29, 1.82) is 0 Å². The van der Waals surface area contributed by atoms with Crippen LogP contribution in [0.5, 0.6) is 0 Å². The zero-order chi connectivity index (χ0) is 19.0. The van der Waals surface area contributed by atoms with Gasteiger partial charge in [0, 0.05) is 28.7 Å². The molecule has 0 saturated heterocycles. The first-order valence-electron chi connectivity index (χ1n) is 9.71. The van der Waals surface area contributed by atoms with Crippen molar-refractivity contribution in [3.63, 3.8) is 0 Å². The van der Waals surface area contributed by atoms with Crippen molar-refractivity contribution in [2.75, 3.05) is 0 Å². The lowest BCUT2D eigenvalue weighted by atomic mass is 9.95. The number of hydrogen-bond acceptors (Lipinski definition) is 4. The van der Waals surface area contributed by atoms with E-state index in [4.69, 9.17) is 0 Å². The van der Waals surface area contributed by atoms with Gasteiger partial charge in [0.2, 0.25) is 0 Å². The molecule has 1 aliphatic rings. The first-order chi connectivity index (χ1) is 13.0. The van der Waals surface area contributed by atoms with E-state index in [1.807, 2.05) is 26.1 Å². The molecule has 0 bridgehead atoms. The van der Waals surface area contributed by atoms with Crippen molar-refractivity contribution in [3.05, 3.63) is 46.8 Å². The Kier molecular flexibility index (Phi) is 4.68. The number of hydrogen-bond donors (Lipinski definition) is 0. The van der Waals surface area contributed by atoms with Gasteiger partial charge >= 0.3 is 0 Å². The van der Waals surface area contributed by atoms with Gasteiger partial charge in [-0.05, 0) is 52.7 Å². The smallest absolute Gasteiger partial charge is 0.273 e. The molecule has 7 heteroatoms. The molecule has 0 aliphatic heterocycles. The van der Waals surface area contributed by atoms with E-state index in [1.165, 1.54) is 43.5 Å². The van der Waals surface area contributed by atoms with E-state index in [2.05, 4.69) is 44.9 Å². The summed E-state index contributed by atoms with van der Waals surface area (Å²) < 4.78 is 5.94. The first kappa shape index (κ1) is 17.7. The van der Waals surface area contributed by atoms with Crippen molar-refractivity contribution < 1.29 is 0 Å². The average Bonchev–Trinajstić information content (AvgIpc) is 3.31. The molecular weight excluding hydrogens is 338 g/mol. The Morgan fingerprint density at radius 2 is 1.81 bits per heavy atom. The molecule has 3 heterocycles. The molecule has 0 unspecified atom stereocenters. The van der Waals surface area contributed by atoms with Crippen LogP contribution < -0.4 is 0 Å². The van der Waals surface area contributed by atoms with Gasteiger partial charge in [0.15, 0.2) is 0 Å². The number of aromatic nitrogens is 6. The average molecular weight is 365 g/mol. The second-order valence-corrected chi connectivity index (χ2v) is 7.55. The van der Waals surface area contributed by atoms with Crippen LogP contribution in [0.1, 0.15) is 66.5 Å². The van der Waals surface area contributed by atoms with Gasteiger partial charge in [0.25, 0.3) is 5.95 Å². The highest BCUT2D eigenvalue weighted by Crippen LogP contribution is 2.31. The van der Waals surface area contributed by atoms with Crippen molar-refractivity contribution in [2.45, 2.75) is 65.8 Å². The lowest BCUT2D eigenvalue weighted by molar-refractivity contribution is 0.346. The lowest BCUT2D eigenvalue weighted by Gasteiger charge is -2.26. The highest BCUT2D eigenvalue weighted by molar-refractivity contribution is 5.81. The third-order valence-corrected chi connectivity index (χ3v) is 5.50. The minimum absolute atomic E-state index is 0.595. The Morgan fingerprint density at radius 3 is 2.52 bits per heavy atom. The fourth-order valence-electron chi connectivity index (χ4n) is 4.23. The van der Waals surface area contributed by atoms with E-state index in [1.54, 1.807) is 15.7 Å². The Bertz CT molecular complexity index is 967. The summed E-state index contributed by atoms with van der Waals surface area (Å²) in [5.41, 5.74) is 5.69. The van der Waals surface area contributed by atoms with Gasteiger partial charge in [-0.15, -0.1) is 10.2 Å². The Hall–Kier alpha value is -2.70. The second-order valence-electron chi connectivity index (χ2n) is 7.55. The van der Waals surface area contributed by atoms with Gasteiger partial charge in [-0.3, -0.25) is 0 Å². The Morgan fingerprint density at radius 1 is 1.04 bits per heavy atom. The highest BCUT2D eigenvalue weighted by Gasteiger charge is 2.19. The number of aryl methyl sites for hydroxylation is 3. The molecule has 0 N–H and O–H groups in total. The predicted octanol–water partition coefficient (Wildman–Crippen LogP) is 3.89. The molecule has 142 valence electrons. The van der Waals surface area contributed by atoms with Crippen LogP contribution in [0.25, 0.3) is 5.95 Å². The summed E-state index contributed by atoms with van der Waals surface area (Å²) in [5, 5.41) is 17.3. The Balaban J connectivity index is 1.63. The van der Waals surface area contributed by atoms with E-state index in [0.29, 0.717) is 12.0 Å². The van der Waals surface area contributed by atoms with Crippen LogP contribution in [-0.2, 0) is 0 Å². The zero-order valence-corrected chi connectivity index (χ0v) is 16.6. The fourth-order valence-corrected chi connectivity index (χ4v) is 4.23. The molecule has 1 fully saturated rings. The maximum atomic E-state index is 4.62. The molecule has 0 aromatic carbocycles.